The number of H-pyrrole nitrogens is 1. The number of hydrogen-bond acceptors (Lipinski definition) is 4. The van der Waals surface area contributed by atoms with Gasteiger partial charge in [-0.1, -0.05) is 30.3 Å². The smallest absolute Gasteiger partial charge is 0.314 e. The van der Waals surface area contributed by atoms with Gasteiger partial charge < -0.3 is 4.74 Å². The van der Waals surface area contributed by atoms with Crippen molar-refractivity contribution in [1.82, 2.24) is 10.2 Å². The minimum absolute atomic E-state index is 0.0631. The van der Waals surface area contributed by atoms with E-state index >= 15 is 0 Å². The lowest BCUT2D eigenvalue weighted by molar-refractivity contribution is -0.384. The third-order valence-electron chi connectivity index (χ3n) is 2.92. The minimum atomic E-state index is -0.469. The Balaban J connectivity index is 1.93. The normalized spacial score (nSPS) is 10.3. The zero-order chi connectivity index (χ0) is 14.7. The van der Waals surface area contributed by atoms with E-state index in [0.717, 1.165) is 0 Å². The van der Waals surface area contributed by atoms with Gasteiger partial charge in [-0.05, 0) is 24.3 Å². The highest BCUT2D eigenvalue weighted by atomic mass is 16.6. The maximum absolute atomic E-state index is 10.9. The summed E-state index contributed by atoms with van der Waals surface area (Å²) in [5.41, 5.74) is 0.943. The van der Waals surface area contributed by atoms with Gasteiger partial charge in [-0.3, -0.25) is 15.2 Å². The van der Waals surface area contributed by atoms with E-state index < -0.39 is 4.92 Å². The van der Waals surface area contributed by atoms with Crippen molar-refractivity contribution >= 4 is 5.69 Å². The first kappa shape index (κ1) is 12.9. The van der Waals surface area contributed by atoms with E-state index in [9.17, 15) is 10.1 Å². The van der Waals surface area contributed by atoms with E-state index in [1.807, 2.05) is 30.3 Å². The van der Waals surface area contributed by atoms with Crippen molar-refractivity contribution in [2.75, 3.05) is 0 Å². The summed E-state index contributed by atoms with van der Waals surface area (Å²) in [5, 5.41) is 17.3. The molecule has 2 aromatic carbocycles. The Labute approximate surface area is 120 Å². The summed E-state index contributed by atoms with van der Waals surface area (Å²) in [5.74, 6) is 1.30. The van der Waals surface area contributed by atoms with E-state index in [4.69, 9.17) is 4.74 Å². The van der Waals surface area contributed by atoms with Crippen LogP contribution in [0, 0.1) is 10.1 Å². The van der Waals surface area contributed by atoms with Crippen molar-refractivity contribution in [1.29, 1.82) is 0 Å². The highest BCUT2D eigenvalue weighted by molar-refractivity contribution is 5.70. The molecule has 104 valence electrons. The number of nitrogens with one attached hydrogen (secondary N) is 1. The molecule has 0 atom stereocenters. The predicted molar refractivity (Wildman–Crippen MR) is 77.2 cm³/mol. The van der Waals surface area contributed by atoms with Crippen LogP contribution in [-0.4, -0.2) is 15.1 Å². The molecule has 0 unspecified atom stereocenters. The van der Waals surface area contributed by atoms with Crippen LogP contribution < -0.4 is 4.74 Å². The van der Waals surface area contributed by atoms with Crippen molar-refractivity contribution in [3.05, 3.63) is 70.9 Å². The van der Waals surface area contributed by atoms with Crippen molar-refractivity contribution < 1.29 is 9.66 Å². The van der Waals surface area contributed by atoms with Gasteiger partial charge in [0.15, 0.2) is 0 Å². The summed E-state index contributed by atoms with van der Waals surface area (Å²) in [4.78, 5) is 10.5. The number of para-hydroxylation sites is 1. The third kappa shape index (κ3) is 2.74. The molecule has 0 spiro atoms. The Morgan fingerprint density at radius 2 is 1.81 bits per heavy atom. The monoisotopic (exact) mass is 281 g/mol. The second-order valence-electron chi connectivity index (χ2n) is 4.33. The van der Waals surface area contributed by atoms with Crippen LogP contribution in [0.1, 0.15) is 0 Å². The molecular formula is C15H11N3O3. The first-order valence-electron chi connectivity index (χ1n) is 6.25. The van der Waals surface area contributed by atoms with E-state index in [-0.39, 0.29) is 5.69 Å². The van der Waals surface area contributed by atoms with E-state index in [1.54, 1.807) is 24.3 Å². The van der Waals surface area contributed by atoms with Gasteiger partial charge in [0, 0.05) is 5.56 Å². The molecular weight excluding hydrogens is 270 g/mol. The van der Waals surface area contributed by atoms with Crippen LogP contribution in [0.15, 0.2) is 60.8 Å². The largest absolute Gasteiger partial charge is 0.457 e. The number of nitrogens with zero attached hydrogens (tertiary/aromatic N) is 2. The second-order valence-corrected chi connectivity index (χ2v) is 4.33. The average molecular weight is 281 g/mol. The quantitative estimate of drug-likeness (QED) is 0.583. The fourth-order valence-corrected chi connectivity index (χ4v) is 1.97. The van der Waals surface area contributed by atoms with Gasteiger partial charge in [0.05, 0.1) is 4.92 Å². The topological polar surface area (TPSA) is 81.0 Å². The van der Waals surface area contributed by atoms with Gasteiger partial charge in [-0.15, -0.1) is 0 Å². The summed E-state index contributed by atoms with van der Waals surface area (Å²) in [6.45, 7) is 0. The molecule has 0 saturated carbocycles. The lowest BCUT2D eigenvalue weighted by Crippen LogP contribution is -1.90. The van der Waals surface area contributed by atoms with Gasteiger partial charge >= 0.3 is 5.69 Å². The van der Waals surface area contributed by atoms with Crippen LogP contribution in [0.5, 0.6) is 11.5 Å². The SMILES string of the molecule is O=[N+]([O-])c1cn[nH]c1-c1cccc(Oc2ccccc2)c1. The zero-order valence-electron chi connectivity index (χ0n) is 10.9. The Bertz CT molecular complexity index is 769. The Kier molecular flexibility index (Phi) is 3.34. The summed E-state index contributed by atoms with van der Waals surface area (Å²) in [6, 6.07) is 16.4. The van der Waals surface area contributed by atoms with E-state index in [1.165, 1.54) is 6.20 Å². The molecule has 0 aliphatic rings. The molecule has 1 heterocycles. The molecule has 1 aromatic heterocycles. The predicted octanol–water partition coefficient (Wildman–Crippen LogP) is 3.78. The van der Waals surface area contributed by atoms with Crippen LogP contribution in [-0.2, 0) is 0 Å². The molecule has 21 heavy (non-hydrogen) atoms. The number of nitro groups is 1. The van der Waals surface area contributed by atoms with Crippen LogP contribution in [0.2, 0.25) is 0 Å². The van der Waals surface area contributed by atoms with Crippen LogP contribution in [0.25, 0.3) is 11.3 Å². The molecule has 0 amide bonds. The summed E-state index contributed by atoms with van der Waals surface area (Å²) in [6.07, 6.45) is 1.19. The minimum Gasteiger partial charge on any atom is -0.457 e. The molecule has 6 heteroatoms. The number of benzene rings is 2. The Morgan fingerprint density at radius 3 is 2.57 bits per heavy atom. The summed E-state index contributed by atoms with van der Waals surface area (Å²) >= 11 is 0. The molecule has 0 bridgehead atoms. The second kappa shape index (κ2) is 5.46. The molecule has 1 N–H and O–H groups in total. The van der Waals surface area contributed by atoms with E-state index in [0.29, 0.717) is 22.8 Å². The molecule has 3 aromatic rings. The van der Waals surface area contributed by atoms with Gasteiger partial charge in [-0.2, -0.15) is 5.10 Å². The number of aromatic amines is 1. The fourth-order valence-electron chi connectivity index (χ4n) is 1.97. The molecule has 3 rings (SSSR count). The number of hydrogen-bond donors (Lipinski definition) is 1. The first-order chi connectivity index (χ1) is 10.2. The van der Waals surface area contributed by atoms with Crippen molar-refractivity contribution in [3.63, 3.8) is 0 Å². The zero-order valence-corrected chi connectivity index (χ0v) is 10.9. The molecule has 6 nitrogen and oxygen atoms in total. The maximum atomic E-state index is 10.9. The fraction of sp³-hybridized carbons (Fsp3) is 0. The molecule has 0 saturated heterocycles. The number of rotatable bonds is 4. The van der Waals surface area contributed by atoms with E-state index in [2.05, 4.69) is 10.2 Å². The standard InChI is InChI=1S/C15H11N3O3/c19-18(20)14-10-16-17-15(14)11-5-4-8-13(9-11)21-12-6-2-1-3-7-12/h1-10H,(H,16,17). The maximum Gasteiger partial charge on any atom is 0.314 e. The van der Waals surface area contributed by atoms with Gasteiger partial charge in [0.1, 0.15) is 23.4 Å². The first-order valence-corrected chi connectivity index (χ1v) is 6.25. The molecule has 0 radical (unpaired) electrons. The molecule has 0 fully saturated rings. The van der Waals surface area contributed by atoms with Gasteiger partial charge in [-0.25, -0.2) is 0 Å². The number of aromatic nitrogens is 2. The van der Waals surface area contributed by atoms with Crippen molar-refractivity contribution in [3.8, 4) is 22.8 Å². The van der Waals surface area contributed by atoms with Crippen molar-refractivity contribution in [2.24, 2.45) is 0 Å². The third-order valence-corrected chi connectivity index (χ3v) is 2.92. The lowest BCUT2D eigenvalue weighted by Gasteiger charge is -2.06. The Hall–Kier alpha value is -3.15. The van der Waals surface area contributed by atoms with Gasteiger partial charge in [0.25, 0.3) is 0 Å². The molecule has 0 aliphatic carbocycles. The molecule has 0 aliphatic heterocycles. The number of ether oxygens (including phenoxy) is 1. The average Bonchev–Trinajstić information content (AvgIpc) is 2.98. The lowest BCUT2D eigenvalue weighted by atomic mass is 10.1. The highest BCUT2D eigenvalue weighted by Crippen LogP contribution is 2.30. The summed E-state index contributed by atoms with van der Waals surface area (Å²) in [7, 11) is 0. The summed E-state index contributed by atoms with van der Waals surface area (Å²) < 4.78 is 5.71. The van der Waals surface area contributed by atoms with Crippen LogP contribution in [0.3, 0.4) is 0 Å². The van der Waals surface area contributed by atoms with Crippen LogP contribution >= 0.6 is 0 Å². The van der Waals surface area contributed by atoms with Crippen LogP contribution in [0.4, 0.5) is 5.69 Å². The van der Waals surface area contributed by atoms with Crippen molar-refractivity contribution in [2.45, 2.75) is 0 Å². The van der Waals surface area contributed by atoms with Gasteiger partial charge in [0.2, 0.25) is 0 Å². The highest BCUT2D eigenvalue weighted by Gasteiger charge is 2.17. The Morgan fingerprint density at radius 1 is 1.05 bits per heavy atom.